The predicted molar refractivity (Wildman–Crippen MR) is 113 cm³/mol. The number of hydrogen-bond donors (Lipinski definition) is 2. The number of hydrogen-bond acceptors (Lipinski definition) is 6. The van der Waals surface area contributed by atoms with Crippen LogP contribution in [0.25, 0.3) is 22.0 Å². The molecule has 0 fully saturated rings. The Hall–Kier alpha value is -3.93. The molecule has 0 aliphatic heterocycles. The van der Waals surface area contributed by atoms with Crippen LogP contribution in [0.1, 0.15) is 35.2 Å². The van der Waals surface area contributed by atoms with E-state index in [4.69, 9.17) is 5.73 Å². The maximum absolute atomic E-state index is 13.4. The van der Waals surface area contributed by atoms with Crippen LogP contribution in [-0.4, -0.2) is 42.4 Å². The maximum atomic E-state index is 13.4. The summed E-state index contributed by atoms with van der Waals surface area (Å²) in [5.41, 5.74) is 4.36. The number of aromatic nitrogens is 5. The molecule has 0 bridgehead atoms. The van der Waals surface area contributed by atoms with Crippen LogP contribution < -0.4 is 5.73 Å². The Kier molecular flexibility index (Phi) is 5.77. The van der Waals surface area contributed by atoms with Crippen LogP contribution in [0.15, 0.2) is 48.5 Å². The third-order valence-corrected chi connectivity index (χ3v) is 5.41. The first kappa shape index (κ1) is 23.2. The van der Waals surface area contributed by atoms with Gasteiger partial charge in [0.1, 0.15) is 11.5 Å². The lowest BCUT2D eigenvalue weighted by Gasteiger charge is -2.25. The van der Waals surface area contributed by atoms with Crippen LogP contribution >= 0.6 is 0 Å². The van der Waals surface area contributed by atoms with Gasteiger partial charge in [0.05, 0.1) is 12.1 Å². The summed E-state index contributed by atoms with van der Waals surface area (Å²) in [4.78, 5) is 17.0. The van der Waals surface area contributed by atoms with Gasteiger partial charge in [-0.15, -0.1) is 10.2 Å². The minimum Gasteiger partial charge on any atom is -0.374 e. The molecule has 0 saturated carbocycles. The van der Waals surface area contributed by atoms with Gasteiger partial charge in [-0.2, -0.15) is 18.0 Å². The van der Waals surface area contributed by atoms with Crippen molar-refractivity contribution in [3.05, 3.63) is 71.4 Å². The van der Waals surface area contributed by atoms with Crippen molar-refractivity contribution in [2.45, 2.75) is 31.7 Å². The van der Waals surface area contributed by atoms with Crippen molar-refractivity contribution in [2.24, 2.45) is 5.73 Å². The van der Waals surface area contributed by atoms with Crippen molar-refractivity contribution in [3.8, 4) is 11.1 Å². The first-order valence-corrected chi connectivity index (χ1v) is 10.1. The highest BCUT2D eigenvalue weighted by molar-refractivity contribution is 6.00. The number of carbonyl (C=O) groups excluding carboxylic acids is 1. The number of benzene rings is 2. The summed E-state index contributed by atoms with van der Waals surface area (Å²) in [6.45, 7) is 1.09. The van der Waals surface area contributed by atoms with Gasteiger partial charge in [-0.25, -0.2) is 9.37 Å². The van der Waals surface area contributed by atoms with E-state index < -0.39 is 35.7 Å². The maximum Gasteiger partial charge on any atom is 0.424 e. The molecule has 12 heteroatoms. The van der Waals surface area contributed by atoms with Crippen LogP contribution in [0, 0.1) is 5.82 Å². The molecule has 2 heterocycles. The summed E-state index contributed by atoms with van der Waals surface area (Å²) in [5, 5.41) is 21.4. The summed E-state index contributed by atoms with van der Waals surface area (Å²) in [7, 11) is 0. The number of aliphatic hydroxyl groups is 1. The fourth-order valence-corrected chi connectivity index (χ4v) is 3.49. The highest BCUT2D eigenvalue weighted by Crippen LogP contribution is 2.39. The molecule has 2 aromatic carbocycles. The SMILES string of the molecule is CC[C@@](O)(c1nnn(Cc2ccc3c(-c4ccc(F)cc4)cc(C(N)=O)nc3c2)n1)C(F)(F)F. The van der Waals surface area contributed by atoms with Crippen LogP contribution in [0.2, 0.25) is 0 Å². The van der Waals surface area contributed by atoms with Crippen molar-refractivity contribution < 1.29 is 27.5 Å². The Morgan fingerprint density at radius 1 is 1.12 bits per heavy atom. The number of tetrazole rings is 1. The van der Waals surface area contributed by atoms with Crippen LogP contribution in [0.5, 0.6) is 0 Å². The number of halogens is 4. The number of rotatable bonds is 6. The van der Waals surface area contributed by atoms with Gasteiger partial charge in [-0.05, 0) is 52.6 Å². The summed E-state index contributed by atoms with van der Waals surface area (Å²) in [6.07, 6.45) is -5.64. The minimum absolute atomic E-state index is 0.0108. The summed E-state index contributed by atoms with van der Waals surface area (Å²) in [6, 6.07) is 12.2. The molecule has 0 unspecified atom stereocenters. The molecular formula is C22H18F4N6O2. The van der Waals surface area contributed by atoms with E-state index in [9.17, 15) is 27.5 Å². The van der Waals surface area contributed by atoms with E-state index >= 15 is 0 Å². The van der Waals surface area contributed by atoms with Crippen molar-refractivity contribution in [1.29, 1.82) is 0 Å². The largest absolute Gasteiger partial charge is 0.424 e. The van der Waals surface area contributed by atoms with Gasteiger partial charge in [0.25, 0.3) is 5.91 Å². The summed E-state index contributed by atoms with van der Waals surface area (Å²) >= 11 is 0. The molecular weight excluding hydrogens is 456 g/mol. The number of pyridine rings is 1. The number of carbonyl (C=O) groups is 1. The first-order valence-electron chi connectivity index (χ1n) is 10.1. The number of fused-ring (bicyclic) bond motifs is 1. The zero-order valence-corrected chi connectivity index (χ0v) is 17.7. The van der Waals surface area contributed by atoms with Crippen molar-refractivity contribution in [1.82, 2.24) is 25.2 Å². The number of nitrogens with two attached hydrogens (primary N) is 1. The normalized spacial score (nSPS) is 13.7. The average molecular weight is 474 g/mol. The van der Waals surface area contributed by atoms with Gasteiger partial charge in [-0.3, -0.25) is 4.79 Å². The Bertz CT molecular complexity index is 1370. The summed E-state index contributed by atoms with van der Waals surface area (Å²) in [5.74, 6) is -2.03. The third kappa shape index (κ3) is 4.19. The second-order valence-corrected chi connectivity index (χ2v) is 7.63. The Morgan fingerprint density at radius 2 is 1.82 bits per heavy atom. The van der Waals surface area contributed by atoms with E-state index in [1.807, 2.05) is 0 Å². The lowest BCUT2D eigenvalue weighted by atomic mass is 9.98. The summed E-state index contributed by atoms with van der Waals surface area (Å²) < 4.78 is 53.2. The Labute approximate surface area is 190 Å². The number of primary amides is 1. The second kappa shape index (κ2) is 8.45. The number of amides is 1. The standard InChI is InChI=1S/C22H18F4N6O2/c1-2-21(34,22(24,25)26)20-29-31-32(30-20)11-12-3-8-15-16(13-4-6-14(23)7-5-13)10-18(19(27)33)28-17(15)9-12/h3-10,34H,2,11H2,1H3,(H2,27,33)/t21-/m1/s1. The van der Waals surface area contributed by atoms with E-state index in [1.165, 1.54) is 18.2 Å². The minimum atomic E-state index is -4.97. The fourth-order valence-electron chi connectivity index (χ4n) is 3.49. The molecule has 176 valence electrons. The molecule has 4 aromatic rings. The van der Waals surface area contributed by atoms with Gasteiger partial charge in [0.15, 0.2) is 0 Å². The molecule has 2 aromatic heterocycles. The lowest BCUT2D eigenvalue weighted by molar-refractivity contribution is -0.270. The van der Waals surface area contributed by atoms with E-state index in [0.717, 1.165) is 11.7 Å². The van der Waals surface area contributed by atoms with E-state index in [0.29, 0.717) is 27.6 Å². The van der Waals surface area contributed by atoms with Crippen molar-refractivity contribution in [3.63, 3.8) is 0 Å². The molecule has 8 nitrogen and oxygen atoms in total. The molecule has 1 amide bonds. The Balaban J connectivity index is 1.73. The molecule has 0 spiro atoms. The van der Waals surface area contributed by atoms with Gasteiger partial charge in [-0.1, -0.05) is 31.2 Å². The molecule has 3 N–H and O–H groups in total. The van der Waals surface area contributed by atoms with E-state index in [-0.39, 0.29) is 12.2 Å². The molecule has 4 rings (SSSR count). The molecule has 34 heavy (non-hydrogen) atoms. The van der Waals surface area contributed by atoms with Gasteiger partial charge < -0.3 is 10.8 Å². The molecule has 0 aliphatic carbocycles. The van der Waals surface area contributed by atoms with Crippen molar-refractivity contribution in [2.75, 3.05) is 0 Å². The molecule has 0 radical (unpaired) electrons. The predicted octanol–water partition coefficient (Wildman–Crippen LogP) is 3.33. The number of alkyl halides is 3. The van der Waals surface area contributed by atoms with E-state index in [1.54, 1.807) is 30.3 Å². The van der Waals surface area contributed by atoms with Gasteiger partial charge in [0, 0.05) is 5.39 Å². The monoisotopic (exact) mass is 474 g/mol. The zero-order valence-electron chi connectivity index (χ0n) is 17.7. The lowest BCUT2D eigenvalue weighted by Crippen LogP contribution is -2.42. The molecule has 0 saturated heterocycles. The third-order valence-electron chi connectivity index (χ3n) is 5.41. The van der Waals surface area contributed by atoms with E-state index in [2.05, 4.69) is 20.4 Å². The first-order chi connectivity index (χ1) is 16.0. The van der Waals surface area contributed by atoms with Crippen LogP contribution in [-0.2, 0) is 12.1 Å². The highest BCUT2D eigenvalue weighted by Gasteiger charge is 2.57. The van der Waals surface area contributed by atoms with Gasteiger partial charge in [0.2, 0.25) is 11.4 Å². The number of nitrogens with zero attached hydrogens (tertiary/aromatic N) is 5. The Morgan fingerprint density at radius 3 is 2.44 bits per heavy atom. The molecule has 1 atom stereocenters. The van der Waals surface area contributed by atoms with Crippen LogP contribution in [0.3, 0.4) is 0 Å². The van der Waals surface area contributed by atoms with Crippen molar-refractivity contribution >= 4 is 16.8 Å². The highest BCUT2D eigenvalue weighted by atomic mass is 19.4. The smallest absolute Gasteiger partial charge is 0.374 e. The quantitative estimate of drug-likeness (QED) is 0.414. The average Bonchev–Trinajstić information content (AvgIpc) is 3.26. The van der Waals surface area contributed by atoms with Crippen LogP contribution in [0.4, 0.5) is 17.6 Å². The fraction of sp³-hybridized carbons (Fsp3) is 0.227. The topological polar surface area (TPSA) is 120 Å². The zero-order chi connectivity index (χ0) is 24.7. The second-order valence-electron chi connectivity index (χ2n) is 7.63. The van der Waals surface area contributed by atoms with Gasteiger partial charge >= 0.3 is 6.18 Å². The molecule has 0 aliphatic rings.